The lowest BCUT2D eigenvalue weighted by atomic mass is 9.91. The number of halogens is 2. The van der Waals surface area contributed by atoms with Crippen molar-refractivity contribution in [1.82, 2.24) is 9.55 Å². The van der Waals surface area contributed by atoms with Gasteiger partial charge in [-0.15, -0.1) is 0 Å². The van der Waals surface area contributed by atoms with Crippen LogP contribution in [0.3, 0.4) is 0 Å². The summed E-state index contributed by atoms with van der Waals surface area (Å²) < 4.78 is 1.50. The summed E-state index contributed by atoms with van der Waals surface area (Å²) in [5.41, 5.74) is 6.40. The third kappa shape index (κ3) is 3.82. The number of hydrogen-bond acceptors (Lipinski definition) is 5. The van der Waals surface area contributed by atoms with Crippen LogP contribution in [0.1, 0.15) is 19.8 Å². The zero-order valence-corrected chi connectivity index (χ0v) is 16.5. The van der Waals surface area contributed by atoms with Crippen molar-refractivity contribution in [3.8, 4) is 5.69 Å². The minimum absolute atomic E-state index is 0.151. The van der Waals surface area contributed by atoms with E-state index in [0.29, 0.717) is 26.7 Å². The average molecular weight is 399 g/mol. The Bertz CT molecular complexity index is 843. The second-order valence-corrected chi connectivity index (χ2v) is 8.05. The highest BCUT2D eigenvalue weighted by Gasteiger charge is 2.27. The third-order valence-electron chi connectivity index (χ3n) is 4.46. The van der Waals surface area contributed by atoms with Crippen LogP contribution in [0.4, 0.5) is 5.82 Å². The third-order valence-corrected chi connectivity index (χ3v) is 5.91. The van der Waals surface area contributed by atoms with E-state index < -0.39 is 0 Å². The van der Waals surface area contributed by atoms with Gasteiger partial charge in [-0.3, -0.25) is 9.36 Å². The van der Waals surface area contributed by atoms with Crippen molar-refractivity contribution in [1.29, 1.82) is 0 Å². The molecule has 2 N–H and O–H groups in total. The summed E-state index contributed by atoms with van der Waals surface area (Å²) in [6, 6.07) is 6.77. The Kier molecular flexibility index (Phi) is 5.34. The van der Waals surface area contributed by atoms with E-state index in [9.17, 15) is 4.79 Å². The monoisotopic (exact) mass is 398 g/mol. The lowest BCUT2D eigenvalue weighted by Crippen LogP contribution is -2.48. The number of nitrogens with zero attached hydrogens (tertiary/aromatic N) is 3. The Morgan fingerprint density at radius 3 is 2.60 bits per heavy atom. The largest absolute Gasteiger partial charge is 0.356 e. The van der Waals surface area contributed by atoms with Crippen LogP contribution >= 0.6 is 35.0 Å². The van der Waals surface area contributed by atoms with Crippen LogP contribution in [0.5, 0.6) is 0 Å². The van der Waals surface area contributed by atoms with Crippen molar-refractivity contribution in [2.75, 3.05) is 24.2 Å². The van der Waals surface area contributed by atoms with Crippen LogP contribution in [0.25, 0.3) is 5.69 Å². The maximum atomic E-state index is 12.8. The van der Waals surface area contributed by atoms with E-state index in [1.807, 2.05) is 6.26 Å². The van der Waals surface area contributed by atoms with Gasteiger partial charge >= 0.3 is 0 Å². The molecule has 25 heavy (non-hydrogen) atoms. The Balaban J connectivity index is 2.03. The number of rotatable bonds is 3. The first-order valence-electron chi connectivity index (χ1n) is 7.99. The summed E-state index contributed by atoms with van der Waals surface area (Å²) in [6.45, 7) is 3.63. The number of anilines is 1. The van der Waals surface area contributed by atoms with E-state index in [-0.39, 0.29) is 11.1 Å². The van der Waals surface area contributed by atoms with Gasteiger partial charge in [0.2, 0.25) is 0 Å². The molecule has 0 aliphatic carbocycles. The van der Waals surface area contributed by atoms with Crippen LogP contribution in [-0.2, 0) is 0 Å². The van der Waals surface area contributed by atoms with E-state index >= 15 is 0 Å². The van der Waals surface area contributed by atoms with Crippen molar-refractivity contribution in [3.63, 3.8) is 0 Å². The second-order valence-electron chi connectivity index (χ2n) is 6.49. The van der Waals surface area contributed by atoms with Crippen LogP contribution < -0.4 is 16.2 Å². The number of hydrogen-bond donors (Lipinski definition) is 1. The lowest BCUT2D eigenvalue weighted by molar-refractivity contribution is 0.362. The van der Waals surface area contributed by atoms with E-state index in [0.717, 1.165) is 25.9 Å². The predicted octanol–water partition coefficient (Wildman–Crippen LogP) is 3.58. The van der Waals surface area contributed by atoms with Crippen LogP contribution in [-0.4, -0.2) is 34.4 Å². The van der Waals surface area contributed by atoms with E-state index in [1.54, 1.807) is 24.3 Å². The Morgan fingerprint density at radius 1 is 1.28 bits per heavy atom. The van der Waals surface area contributed by atoms with E-state index in [2.05, 4.69) is 16.8 Å². The minimum atomic E-state index is -0.181. The molecule has 0 saturated carbocycles. The van der Waals surface area contributed by atoms with Crippen LogP contribution in [0.15, 0.2) is 34.2 Å². The molecule has 1 fully saturated rings. The number of aromatic nitrogens is 2. The topological polar surface area (TPSA) is 64.2 Å². The summed E-state index contributed by atoms with van der Waals surface area (Å²) in [5, 5.41) is 1.32. The lowest BCUT2D eigenvalue weighted by Gasteiger charge is -2.37. The SMILES string of the molecule is CSc1nc(N2CCC(C)(N)CC2)cc(=O)n1-c1cccc(Cl)c1Cl. The second kappa shape index (κ2) is 7.19. The highest BCUT2D eigenvalue weighted by atomic mass is 35.5. The summed E-state index contributed by atoms with van der Waals surface area (Å²) in [6.07, 6.45) is 3.62. The summed E-state index contributed by atoms with van der Waals surface area (Å²) >= 11 is 13.8. The van der Waals surface area contributed by atoms with Gasteiger partial charge < -0.3 is 10.6 Å². The molecular weight excluding hydrogens is 379 g/mol. The molecule has 2 aromatic rings. The van der Waals surface area contributed by atoms with Gasteiger partial charge in [-0.1, -0.05) is 41.0 Å². The van der Waals surface area contributed by atoms with Gasteiger partial charge in [-0.05, 0) is 38.2 Å². The molecule has 0 spiro atoms. The first kappa shape index (κ1) is 18.6. The van der Waals surface area contributed by atoms with Gasteiger partial charge in [-0.25, -0.2) is 4.98 Å². The maximum absolute atomic E-state index is 12.8. The van der Waals surface area contributed by atoms with Crippen molar-refractivity contribution in [3.05, 3.63) is 44.7 Å². The van der Waals surface area contributed by atoms with Gasteiger partial charge in [0.05, 0.1) is 15.7 Å². The molecule has 0 amide bonds. The maximum Gasteiger partial charge on any atom is 0.260 e. The number of piperidine rings is 1. The number of nitrogens with two attached hydrogens (primary N) is 1. The minimum Gasteiger partial charge on any atom is -0.356 e. The predicted molar refractivity (Wildman–Crippen MR) is 106 cm³/mol. The summed E-state index contributed by atoms with van der Waals surface area (Å²) in [4.78, 5) is 19.6. The standard InChI is InChI=1S/C17H20Cl2N4OS/c1-17(20)6-8-22(9-7-17)13-10-14(24)23(16(21-13)25-2)12-5-3-4-11(18)15(12)19/h3-5,10H,6-9,20H2,1-2H3. The Labute approximate surface area is 161 Å². The molecule has 0 atom stereocenters. The molecule has 1 aromatic carbocycles. The molecule has 3 rings (SSSR count). The van der Waals surface area contributed by atoms with Crippen molar-refractivity contribution in [2.24, 2.45) is 5.73 Å². The first-order chi connectivity index (χ1) is 11.8. The van der Waals surface area contributed by atoms with Gasteiger partial charge in [-0.2, -0.15) is 0 Å². The molecule has 0 bridgehead atoms. The van der Waals surface area contributed by atoms with Crippen molar-refractivity contribution in [2.45, 2.75) is 30.5 Å². The Hall–Kier alpha value is -1.21. The summed E-state index contributed by atoms with van der Waals surface area (Å²) in [7, 11) is 0. The number of thioether (sulfide) groups is 1. The quantitative estimate of drug-likeness (QED) is 0.632. The zero-order valence-electron chi connectivity index (χ0n) is 14.1. The fourth-order valence-electron chi connectivity index (χ4n) is 2.88. The molecule has 0 unspecified atom stereocenters. The molecular formula is C17H20Cl2N4OS. The molecule has 1 aliphatic heterocycles. The van der Waals surface area contributed by atoms with Gasteiger partial charge in [0, 0.05) is 24.7 Å². The molecule has 5 nitrogen and oxygen atoms in total. The number of benzene rings is 1. The average Bonchev–Trinajstić information content (AvgIpc) is 2.57. The molecule has 1 aliphatic rings. The highest BCUT2D eigenvalue weighted by Crippen LogP contribution is 2.30. The first-order valence-corrected chi connectivity index (χ1v) is 9.97. The zero-order chi connectivity index (χ0) is 18.2. The van der Waals surface area contributed by atoms with Gasteiger partial charge in [0.25, 0.3) is 5.56 Å². The normalized spacial score (nSPS) is 16.9. The van der Waals surface area contributed by atoms with E-state index in [4.69, 9.17) is 28.9 Å². The smallest absolute Gasteiger partial charge is 0.260 e. The van der Waals surface area contributed by atoms with E-state index in [1.165, 1.54) is 16.3 Å². The molecule has 0 radical (unpaired) electrons. The highest BCUT2D eigenvalue weighted by molar-refractivity contribution is 7.98. The fourth-order valence-corrected chi connectivity index (χ4v) is 3.82. The summed E-state index contributed by atoms with van der Waals surface area (Å²) in [5.74, 6) is 0.680. The van der Waals surface area contributed by atoms with Crippen molar-refractivity contribution >= 4 is 40.8 Å². The van der Waals surface area contributed by atoms with Gasteiger partial charge in [0.1, 0.15) is 5.82 Å². The molecule has 8 heteroatoms. The molecule has 2 heterocycles. The molecule has 1 aromatic heterocycles. The Morgan fingerprint density at radius 2 is 1.96 bits per heavy atom. The van der Waals surface area contributed by atoms with Crippen LogP contribution in [0, 0.1) is 0 Å². The van der Waals surface area contributed by atoms with Gasteiger partial charge in [0.15, 0.2) is 5.16 Å². The van der Waals surface area contributed by atoms with Crippen molar-refractivity contribution < 1.29 is 0 Å². The fraction of sp³-hybridized carbons (Fsp3) is 0.412. The van der Waals surface area contributed by atoms with Crippen LogP contribution in [0.2, 0.25) is 10.0 Å². The molecule has 134 valence electrons. The molecule has 1 saturated heterocycles.